The molecular weight excluding hydrogens is 304 g/mol. The maximum Gasteiger partial charge on any atom is 0.312 e. The van der Waals surface area contributed by atoms with Crippen LogP contribution in [-0.2, 0) is 19.6 Å². The molecule has 0 radical (unpaired) electrons. The summed E-state index contributed by atoms with van der Waals surface area (Å²) in [6, 6.07) is 0. The van der Waals surface area contributed by atoms with Gasteiger partial charge in [0.2, 0.25) is 0 Å². The van der Waals surface area contributed by atoms with E-state index in [-0.39, 0.29) is 29.8 Å². The maximum absolute atomic E-state index is 12.6. The van der Waals surface area contributed by atoms with Crippen LogP contribution in [0, 0.1) is 16.2 Å². The van der Waals surface area contributed by atoms with Gasteiger partial charge in [-0.25, -0.2) is 0 Å². The van der Waals surface area contributed by atoms with Crippen LogP contribution in [0.5, 0.6) is 0 Å². The van der Waals surface area contributed by atoms with Crippen LogP contribution < -0.4 is 0 Å². The topological polar surface area (TPSA) is 80.7 Å². The normalized spacial score (nSPS) is 16.2. The first-order valence-corrected chi connectivity index (χ1v) is 9.38. The first-order chi connectivity index (χ1) is 9.65. The molecule has 0 aliphatic rings. The molecule has 22 heavy (non-hydrogen) atoms. The van der Waals surface area contributed by atoms with Crippen molar-refractivity contribution >= 4 is 16.1 Å². The van der Waals surface area contributed by atoms with Crippen LogP contribution in [0.4, 0.5) is 0 Å². The molecule has 0 rings (SSSR count). The fourth-order valence-corrected chi connectivity index (χ4v) is 3.09. The van der Waals surface area contributed by atoms with Gasteiger partial charge in [-0.05, 0) is 37.0 Å². The predicted molar refractivity (Wildman–Crippen MR) is 88.2 cm³/mol. The molecule has 0 aliphatic heterocycles. The minimum absolute atomic E-state index is 0.00183. The molecule has 132 valence electrons. The largest absolute Gasteiger partial charge is 0.465 e. The van der Waals surface area contributed by atoms with E-state index in [1.54, 1.807) is 0 Å². The van der Waals surface area contributed by atoms with E-state index in [0.717, 1.165) is 6.42 Å². The van der Waals surface area contributed by atoms with Crippen LogP contribution in [0.3, 0.4) is 0 Å². The van der Waals surface area contributed by atoms with Gasteiger partial charge < -0.3 is 4.74 Å². The van der Waals surface area contributed by atoms with E-state index in [9.17, 15) is 13.2 Å². The molecule has 1 N–H and O–H groups in total. The first kappa shape index (κ1) is 21.4. The Morgan fingerprint density at radius 1 is 1.09 bits per heavy atom. The van der Waals surface area contributed by atoms with E-state index in [0.29, 0.717) is 6.42 Å². The van der Waals surface area contributed by atoms with Crippen molar-refractivity contribution in [3.63, 3.8) is 0 Å². The Balaban J connectivity index is 5.00. The molecule has 0 fully saturated rings. The monoisotopic (exact) mass is 336 g/mol. The second-order valence-corrected chi connectivity index (χ2v) is 9.65. The van der Waals surface area contributed by atoms with Crippen molar-refractivity contribution in [1.82, 2.24) is 0 Å². The summed E-state index contributed by atoms with van der Waals surface area (Å²) in [4.78, 5) is 12.6. The minimum atomic E-state index is -4.01. The predicted octanol–water partition coefficient (Wildman–Crippen LogP) is 3.69. The van der Waals surface area contributed by atoms with Gasteiger partial charge in [0, 0.05) is 0 Å². The summed E-state index contributed by atoms with van der Waals surface area (Å²) in [7, 11) is -4.01. The molecule has 0 aromatic rings. The zero-order chi connectivity index (χ0) is 17.8. The fourth-order valence-electron chi connectivity index (χ4n) is 2.60. The van der Waals surface area contributed by atoms with Gasteiger partial charge in [0.1, 0.15) is 0 Å². The average Bonchev–Trinajstić information content (AvgIpc) is 2.30. The number of hydrogen-bond acceptors (Lipinski definition) is 4. The Morgan fingerprint density at radius 3 is 1.95 bits per heavy atom. The Hall–Kier alpha value is -0.620. The Labute approximate surface area is 135 Å². The summed E-state index contributed by atoms with van der Waals surface area (Å²) >= 11 is 0. The number of carbonyl (C=O) groups excluding carboxylic acids is 1. The SMILES string of the molecule is CCC(C)(C)C(C)(CC(C)(C)C)C(=O)OCCCS(=O)(=O)O. The average molecular weight is 336 g/mol. The van der Waals surface area contributed by atoms with Gasteiger partial charge in [-0.1, -0.05) is 41.5 Å². The lowest BCUT2D eigenvalue weighted by Gasteiger charge is -2.45. The van der Waals surface area contributed by atoms with Crippen molar-refractivity contribution in [2.45, 2.75) is 67.7 Å². The molecule has 0 saturated carbocycles. The Bertz CT molecular complexity index is 473. The third-order valence-corrected chi connectivity index (χ3v) is 5.30. The number of ether oxygens (including phenoxy) is 1. The smallest absolute Gasteiger partial charge is 0.312 e. The van der Waals surface area contributed by atoms with Gasteiger partial charge in [-0.3, -0.25) is 9.35 Å². The number of esters is 1. The van der Waals surface area contributed by atoms with E-state index in [4.69, 9.17) is 9.29 Å². The Kier molecular flexibility index (Phi) is 7.09. The second kappa shape index (κ2) is 7.30. The molecule has 0 amide bonds. The molecule has 6 heteroatoms. The maximum atomic E-state index is 12.6. The van der Waals surface area contributed by atoms with Crippen LogP contribution >= 0.6 is 0 Å². The van der Waals surface area contributed by atoms with Crippen molar-refractivity contribution in [2.24, 2.45) is 16.2 Å². The lowest BCUT2D eigenvalue weighted by Crippen LogP contribution is -2.45. The van der Waals surface area contributed by atoms with Gasteiger partial charge >= 0.3 is 5.97 Å². The fraction of sp³-hybridized carbons (Fsp3) is 0.938. The van der Waals surface area contributed by atoms with Crippen molar-refractivity contribution in [1.29, 1.82) is 0 Å². The molecule has 1 atom stereocenters. The number of hydrogen-bond donors (Lipinski definition) is 1. The summed E-state index contributed by atoms with van der Waals surface area (Å²) < 4.78 is 35.4. The van der Waals surface area contributed by atoms with Crippen LogP contribution in [0.2, 0.25) is 0 Å². The Morgan fingerprint density at radius 2 is 1.59 bits per heavy atom. The van der Waals surface area contributed by atoms with Crippen molar-refractivity contribution in [3.8, 4) is 0 Å². The molecule has 0 spiro atoms. The van der Waals surface area contributed by atoms with Crippen LogP contribution in [-0.4, -0.2) is 31.3 Å². The zero-order valence-corrected chi connectivity index (χ0v) is 15.8. The van der Waals surface area contributed by atoms with E-state index < -0.39 is 21.3 Å². The molecule has 1 unspecified atom stereocenters. The van der Waals surface area contributed by atoms with Crippen molar-refractivity contribution in [2.75, 3.05) is 12.4 Å². The molecule has 0 saturated heterocycles. The zero-order valence-electron chi connectivity index (χ0n) is 15.0. The van der Waals surface area contributed by atoms with Crippen LogP contribution in [0.25, 0.3) is 0 Å². The van der Waals surface area contributed by atoms with Gasteiger partial charge in [-0.2, -0.15) is 8.42 Å². The molecule has 0 aromatic carbocycles. The van der Waals surface area contributed by atoms with Gasteiger partial charge in [0.05, 0.1) is 17.8 Å². The van der Waals surface area contributed by atoms with E-state index >= 15 is 0 Å². The molecule has 5 nitrogen and oxygen atoms in total. The highest BCUT2D eigenvalue weighted by Crippen LogP contribution is 2.49. The number of carbonyl (C=O) groups is 1. The van der Waals surface area contributed by atoms with E-state index in [2.05, 4.69) is 34.6 Å². The highest BCUT2D eigenvalue weighted by Gasteiger charge is 2.49. The quantitative estimate of drug-likeness (QED) is 0.415. The lowest BCUT2D eigenvalue weighted by atomic mass is 9.59. The van der Waals surface area contributed by atoms with Crippen LogP contribution in [0.15, 0.2) is 0 Å². The summed E-state index contributed by atoms with van der Waals surface area (Å²) in [6.45, 7) is 14.3. The van der Waals surface area contributed by atoms with Gasteiger partial charge in [-0.15, -0.1) is 0 Å². The first-order valence-electron chi connectivity index (χ1n) is 7.77. The molecular formula is C16H32O5S. The highest BCUT2D eigenvalue weighted by molar-refractivity contribution is 7.85. The van der Waals surface area contributed by atoms with E-state index in [1.807, 2.05) is 13.8 Å². The third-order valence-electron chi connectivity index (χ3n) is 4.49. The summed E-state index contributed by atoms with van der Waals surface area (Å²) in [6.07, 6.45) is 1.61. The second-order valence-electron chi connectivity index (χ2n) is 8.08. The summed E-state index contributed by atoms with van der Waals surface area (Å²) in [5.41, 5.74) is -0.923. The molecule has 0 aliphatic carbocycles. The van der Waals surface area contributed by atoms with Gasteiger partial charge in [0.25, 0.3) is 10.1 Å². The molecule has 0 heterocycles. The van der Waals surface area contributed by atoms with Crippen molar-refractivity contribution < 1.29 is 22.5 Å². The van der Waals surface area contributed by atoms with Crippen LogP contribution in [0.1, 0.15) is 67.7 Å². The highest BCUT2D eigenvalue weighted by atomic mass is 32.2. The lowest BCUT2D eigenvalue weighted by molar-refractivity contribution is -0.166. The van der Waals surface area contributed by atoms with Crippen molar-refractivity contribution in [3.05, 3.63) is 0 Å². The third kappa shape index (κ3) is 6.65. The minimum Gasteiger partial charge on any atom is -0.465 e. The standard InChI is InChI=1S/C16H32O5S/c1-8-15(5,6)16(7,12-14(2,3)4)13(17)21-10-9-11-22(18,19)20/h8-12H2,1-7H3,(H,18,19,20). The number of rotatable bonds is 8. The van der Waals surface area contributed by atoms with E-state index in [1.165, 1.54) is 0 Å². The molecule has 0 bridgehead atoms. The summed E-state index contributed by atoms with van der Waals surface area (Å²) in [5, 5.41) is 0. The molecule has 0 aromatic heterocycles. The summed E-state index contributed by atoms with van der Waals surface area (Å²) in [5.74, 6) is -0.697. The van der Waals surface area contributed by atoms with Gasteiger partial charge in [0.15, 0.2) is 0 Å².